The molecular weight excluding hydrogens is 348 g/mol. The summed E-state index contributed by atoms with van der Waals surface area (Å²) in [6.45, 7) is 5.71. The van der Waals surface area contributed by atoms with E-state index in [4.69, 9.17) is 21.1 Å². The largest absolute Gasteiger partial charge is 0.465 e. The third-order valence-corrected chi connectivity index (χ3v) is 3.55. The molecule has 0 aliphatic rings. The standard InChI is InChI=1S/C13H14BrClN2O3/c1-13(2,3)10(17-12(18)19)11-16-8-5-6(14)4-7(15)9(8)20-11/h4-5,10,17H,1-3H3,(H,18,19). The van der Waals surface area contributed by atoms with E-state index in [-0.39, 0.29) is 5.41 Å². The molecule has 5 nitrogen and oxygen atoms in total. The van der Waals surface area contributed by atoms with Crippen LogP contribution in [0.3, 0.4) is 0 Å². The van der Waals surface area contributed by atoms with Crippen LogP contribution in [0.15, 0.2) is 21.0 Å². The van der Waals surface area contributed by atoms with Gasteiger partial charge in [0.05, 0.1) is 5.02 Å². The highest BCUT2D eigenvalue weighted by Crippen LogP contribution is 2.36. The van der Waals surface area contributed by atoms with E-state index in [1.165, 1.54) is 0 Å². The van der Waals surface area contributed by atoms with Gasteiger partial charge in [0.1, 0.15) is 11.6 Å². The van der Waals surface area contributed by atoms with Crippen molar-refractivity contribution in [2.75, 3.05) is 0 Å². The Balaban J connectivity index is 2.54. The van der Waals surface area contributed by atoms with E-state index in [0.717, 1.165) is 4.47 Å². The van der Waals surface area contributed by atoms with Crippen LogP contribution in [-0.4, -0.2) is 16.2 Å². The molecule has 7 heteroatoms. The molecule has 2 rings (SSSR count). The smallest absolute Gasteiger partial charge is 0.405 e. The zero-order chi connectivity index (χ0) is 15.1. The molecule has 1 atom stereocenters. The number of carboxylic acid groups (broad SMARTS) is 1. The van der Waals surface area contributed by atoms with Crippen LogP contribution in [0.2, 0.25) is 5.02 Å². The Kier molecular flexibility index (Phi) is 3.97. The second-order valence-electron chi connectivity index (χ2n) is 5.54. The zero-order valence-corrected chi connectivity index (χ0v) is 13.5. The fraction of sp³-hybridized carbons (Fsp3) is 0.385. The van der Waals surface area contributed by atoms with Gasteiger partial charge in [-0.2, -0.15) is 0 Å². The van der Waals surface area contributed by atoms with Crippen molar-refractivity contribution in [3.63, 3.8) is 0 Å². The number of halogens is 2. The first kappa shape index (κ1) is 15.1. The lowest BCUT2D eigenvalue weighted by molar-refractivity contribution is 0.167. The van der Waals surface area contributed by atoms with E-state index >= 15 is 0 Å². The lowest BCUT2D eigenvalue weighted by Crippen LogP contribution is -2.35. The average Bonchev–Trinajstić information content (AvgIpc) is 2.67. The van der Waals surface area contributed by atoms with Crippen LogP contribution in [0.5, 0.6) is 0 Å². The highest BCUT2D eigenvalue weighted by molar-refractivity contribution is 9.10. The molecule has 0 aliphatic carbocycles. The molecule has 0 aliphatic heterocycles. The van der Waals surface area contributed by atoms with E-state index in [0.29, 0.717) is 22.0 Å². The molecule has 0 saturated heterocycles. The maximum atomic E-state index is 11.0. The number of amides is 1. The molecule has 1 heterocycles. The van der Waals surface area contributed by atoms with E-state index < -0.39 is 12.1 Å². The molecule has 1 amide bonds. The Labute approximate surface area is 129 Å². The van der Waals surface area contributed by atoms with Crippen LogP contribution < -0.4 is 5.32 Å². The second kappa shape index (κ2) is 5.26. The van der Waals surface area contributed by atoms with Crippen molar-refractivity contribution in [1.82, 2.24) is 10.3 Å². The van der Waals surface area contributed by atoms with Crippen molar-refractivity contribution in [2.45, 2.75) is 26.8 Å². The molecule has 20 heavy (non-hydrogen) atoms. The summed E-state index contributed by atoms with van der Waals surface area (Å²) in [5.74, 6) is 0.301. The van der Waals surface area contributed by atoms with Gasteiger partial charge in [-0.25, -0.2) is 9.78 Å². The van der Waals surface area contributed by atoms with E-state index in [1.54, 1.807) is 12.1 Å². The Hall–Kier alpha value is -1.27. The fourth-order valence-corrected chi connectivity index (χ4v) is 2.70. The van der Waals surface area contributed by atoms with Gasteiger partial charge in [-0.3, -0.25) is 0 Å². The molecule has 1 aromatic carbocycles. The number of nitrogens with one attached hydrogen (secondary N) is 1. The summed E-state index contributed by atoms with van der Waals surface area (Å²) in [6, 6.07) is 2.91. The Morgan fingerprint density at radius 2 is 2.15 bits per heavy atom. The summed E-state index contributed by atoms with van der Waals surface area (Å²) in [7, 11) is 0. The first-order valence-electron chi connectivity index (χ1n) is 5.93. The molecular formula is C13H14BrClN2O3. The van der Waals surface area contributed by atoms with Gasteiger partial charge < -0.3 is 14.8 Å². The number of nitrogens with zero attached hydrogens (tertiary/aromatic N) is 1. The van der Waals surface area contributed by atoms with Gasteiger partial charge in [0.15, 0.2) is 5.58 Å². The van der Waals surface area contributed by atoms with E-state index in [9.17, 15) is 4.79 Å². The molecule has 2 N–H and O–H groups in total. The van der Waals surface area contributed by atoms with Crippen LogP contribution in [-0.2, 0) is 0 Å². The third kappa shape index (κ3) is 3.07. The number of benzene rings is 1. The summed E-state index contributed by atoms with van der Waals surface area (Å²) in [6.07, 6.45) is -1.13. The lowest BCUT2D eigenvalue weighted by atomic mass is 9.87. The van der Waals surface area contributed by atoms with Gasteiger partial charge in [0.25, 0.3) is 0 Å². The molecule has 0 radical (unpaired) electrons. The van der Waals surface area contributed by atoms with Crippen LogP contribution in [0.1, 0.15) is 32.7 Å². The topological polar surface area (TPSA) is 75.4 Å². The summed E-state index contributed by atoms with van der Waals surface area (Å²) in [5.41, 5.74) is 0.648. The lowest BCUT2D eigenvalue weighted by Gasteiger charge is -2.27. The number of hydrogen-bond acceptors (Lipinski definition) is 3. The van der Waals surface area contributed by atoms with Crippen molar-refractivity contribution < 1.29 is 14.3 Å². The van der Waals surface area contributed by atoms with Crippen LogP contribution in [0.25, 0.3) is 11.1 Å². The number of aromatic nitrogens is 1. The van der Waals surface area contributed by atoms with Gasteiger partial charge in [-0.15, -0.1) is 0 Å². The monoisotopic (exact) mass is 360 g/mol. The molecule has 0 fully saturated rings. The zero-order valence-electron chi connectivity index (χ0n) is 11.2. The molecule has 1 unspecified atom stereocenters. The molecule has 1 aromatic heterocycles. The van der Waals surface area contributed by atoms with Crippen molar-refractivity contribution >= 4 is 44.7 Å². The van der Waals surface area contributed by atoms with Gasteiger partial charge >= 0.3 is 6.09 Å². The number of rotatable bonds is 2. The Morgan fingerprint density at radius 1 is 1.50 bits per heavy atom. The van der Waals surface area contributed by atoms with Gasteiger partial charge in [-0.1, -0.05) is 48.3 Å². The van der Waals surface area contributed by atoms with Crippen LogP contribution >= 0.6 is 27.5 Å². The molecule has 108 valence electrons. The Bertz CT molecular complexity index is 663. The van der Waals surface area contributed by atoms with Crippen molar-refractivity contribution in [3.8, 4) is 0 Å². The molecule has 2 aromatic rings. The van der Waals surface area contributed by atoms with Crippen LogP contribution in [0.4, 0.5) is 4.79 Å². The highest BCUT2D eigenvalue weighted by Gasteiger charge is 2.32. The highest BCUT2D eigenvalue weighted by atomic mass is 79.9. The predicted octanol–water partition coefficient (Wildman–Crippen LogP) is 4.60. The van der Waals surface area contributed by atoms with Gasteiger partial charge in [-0.05, 0) is 17.5 Å². The minimum atomic E-state index is -1.13. The first-order chi connectivity index (χ1) is 9.18. The normalized spacial score (nSPS) is 13.4. The number of fused-ring (bicyclic) bond motifs is 1. The molecule has 0 spiro atoms. The SMILES string of the molecule is CC(C)(C)C(NC(=O)O)c1nc2cc(Br)cc(Cl)c2o1. The van der Waals surface area contributed by atoms with Crippen molar-refractivity contribution in [3.05, 3.63) is 27.5 Å². The predicted molar refractivity (Wildman–Crippen MR) is 80.1 cm³/mol. The minimum absolute atomic E-state index is 0.301. The number of carbonyl (C=O) groups is 1. The summed E-state index contributed by atoms with van der Waals surface area (Å²) in [5, 5.41) is 11.8. The summed E-state index contributed by atoms with van der Waals surface area (Å²) in [4.78, 5) is 15.3. The number of oxazole rings is 1. The maximum absolute atomic E-state index is 11.0. The van der Waals surface area contributed by atoms with Gasteiger partial charge in [0, 0.05) is 4.47 Å². The van der Waals surface area contributed by atoms with E-state index in [2.05, 4.69) is 26.2 Å². The molecule has 0 bridgehead atoms. The summed E-state index contributed by atoms with van der Waals surface area (Å²) < 4.78 is 6.44. The minimum Gasteiger partial charge on any atom is -0.465 e. The quantitative estimate of drug-likeness (QED) is 0.819. The van der Waals surface area contributed by atoms with Crippen molar-refractivity contribution in [1.29, 1.82) is 0 Å². The average molecular weight is 362 g/mol. The Morgan fingerprint density at radius 3 is 2.70 bits per heavy atom. The fourth-order valence-electron chi connectivity index (χ4n) is 1.87. The van der Waals surface area contributed by atoms with Gasteiger partial charge in [0.2, 0.25) is 5.89 Å². The third-order valence-electron chi connectivity index (χ3n) is 2.81. The van der Waals surface area contributed by atoms with E-state index in [1.807, 2.05) is 20.8 Å². The first-order valence-corrected chi connectivity index (χ1v) is 7.10. The second-order valence-corrected chi connectivity index (χ2v) is 6.86. The number of hydrogen-bond donors (Lipinski definition) is 2. The summed E-state index contributed by atoms with van der Waals surface area (Å²) >= 11 is 9.43. The maximum Gasteiger partial charge on any atom is 0.405 e. The van der Waals surface area contributed by atoms with Crippen molar-refractivity contribution in [2.24, 2.45) is 5.41 Å². The molecule has 0 saturated carbocycles. The van der Waals surface area contributed by atoms with Crippen LogP contribution in [0, 0.1) is 5.41 Å².